The normalized spacial score (nSPS) is 25.7. The van der Waals surface area contributed by atoms with Crippen LogP contribution in [0.2, 0.25) is 0 Å². The van der Waals surface area contributed by atoms with Gasteiger partial charge in [0.25, 0.3) is 0 Å². The molecule has 3 N–H and O–H groups in total. The lowest BCUT2D eigenvalue weighted by atomic mass is 10.0. The molecule has 10 nitrogen and oxygen atoms in total. The third kappa shape index (κ3) is 5.78. The van der Waals surface area contributed by atoms with Crippen LogP contribution in [-0.4, -0.2) is 102 Å². The van der Waals surface area contributed by atoms with E-state index in [2.05, 4.69) is 57.2 Å². The van der Waals surface area contributed by atoms with Gasteiger partial charge in [0.05, 0.1) is 18.1 Å². The average Bonchev–Trinajstić information content (AvgIpc) is 3.58. The second kappa shape index (κ2) is 11.3. The van der Waals surface area contributed by atoms with E-state index in [9.17, 15) is 9.59 Å². The Hall–Kier alpha value is -3.47. The van der Waals surface area contributed by atoms with E-state index < -0.39 is 0 Å². The molecule has 0 saturated carbocycles. The minimum absolute atomic E-state index is 0.0212. The molecule has 0 aliphatic carbocycles. The Kier molecular flexibility index (Phi) is 7.49. The Morgan fingerprint density at radius 3 is 2.69 bits per heavy atom. The van der Waals surface area contributed by atoms with Crippen LogP contribution >= 0.6 is 0 Å². The number of aromatic nitrogens is 2. The highest BCUT2D eigenvalue weighted by atomic mass is 16.5. The predicted octanol–water partition coefficient (Wildman–Crippen LogP) is 1.06. The molecule has 4 heterocycles. The third-order valence-corrected chi connectivity index (χ3v) is 8.02. The molecule has 2 fully saturated rings. The molecular formula is C29H37N7O3. The Balaban J connectivity index is 1.28. The molecule has 3 atom stereocenters. The largest absolute Gasteiger partial charge is 0.489 e. The van der Waals surface area contributed by atoms with Gasteiger partial charge in [0.1, 0.15) is 17.9 Å². The molecule has 3 aliphatic rings. The number of likely N-dealkylation sites (N-methyl/N-ethyl adjacent to an activating group) is 1. The van der Waals surface area contributed by atoms with E-state index >= 15 is 0 Å². The van der Waals surface area contributed by atoms with Gasteiger partial charge in [0.15, 0.2) is 0 Å². The summed E-state index contributed by atoms with van der Waals surface area (Å²) >= 11 is 0. The second-order valence-corrected chi connectivity index (χ2v) is 10.8. The van der Waals surface area contributed by atoms with Crippen molar-refractivity contribution >= 4 is 22.7 Å². The molecule has 6 rings (SSSR count). The van der Waals surface area contributed by atoms with Crippen LogP contribution in [0.25, 0.3) is 22.0 Å². The van der Waals surface area contributed by atoms with E-state index in [4.69, 9.17) is 9.84 Å². The first-order valence-electron chi connectivity index (χ1n) is 14.0. The van der Waals surface area contributed by atoms with Gasteiger partial charge in [0.2, 0.25) is 11.8 Å². The summed E-state index contributed by atoms with van der Waals surface area (Å²) in [6, 6.07) is 13.8. The fourth-order valence-electron chi connectivity index (χ4n) is 5.84. The minimum Gasteiger partial charge on any atom is -0.489 e. The summed E-state index contributed by atoms with van der Waals surface area (Å²) in [6.45, 7) is 5.56. The number of nitrogens with zero attached hydrogens (tertiary/aromatic N) is 4. The van der Waals surface area contributed by atoms with Gasteiger partial charge in [0, 0.05) is 63.8 Å². The third-order valence-electron chi connectivity index (χ3n) is 8.02. The molecule has 6 bridgehead atoms. The first kappa shape index (κ1) is 25.8. The highest BCUT2D eigenvalue weighted by molar-refractivity contribution is 5.94. The number of ether oxygens (including phenoxy) is 1. The molecule has 10 heteroatoms. The number of carbonyl (C=O) groups is 2. The summed E-state index contributed by atoms with van der Waals surface area (Å²) in [5.41, 5.74) is 3.11. The summed E-state index contributed by atoms with van der Waals surface area (Å²) in [6.07, 6.45) is 3.32. The SMILES string of the molecule is CN1CCN2CCn3cc4c(cccc4n3)-c3cccc(c3)O[C@@H]3CN[C@@H](C3)C(=O)NCCCNC(=O)C2C1. The van der Waals surface area contributed by atoms with Gasteiger partial charge in [-0.3, -0.25) is 19.2 Å². The number of nitrogens with one attached hydrogen (secondary N) is 3. The van der Waals surface area contributed by atoms with Gasteiger partial charge in [-0.25, -0.2) is 0 Å². The van der Waals surface area contributed by atoms with Crippen LogP contribution in [0.15, 0.2) is 48.7 Å². The van der Waals surface area contributed by atoms with Crippen LogP contribution in [0.3, 0.4) is 0 Å². The first-order valence-corrected chi connectivity index (χ1v) is 14.0. The number of amides is 2. The average molecular weight is 532 g/mol. The van der Waals surface area contributed by atoms with Crippen LogP contribution in [0.1, 0.15) is 12.8 Å². The van der Waals surface area contributed by atoms with Gasteiger partial charge in [-0.2, -0.15) is 5.10 Å². The molecule has 1 unspecified atom stereocenters. The van der Waals surface area contributed by atoms with Crippen LogP contribution in [0.4, 0.5) is 0 Å². The first-order chi connectivity index (χ1) is 19.0. The minimum atomic E-state index is -0.281. The van der Waals surface area contributed by atoms with Crippen molar-refractivity contribution in [2.45, 2.75) is 37.6 Å². The molecule has 1 aromatic heterocycles. The van der Waals surface area contributed by atoms with Crippen LogP contribution in [0, 0.1) is 0 Å². The number of carbonyl (C=O) groups excluding carboxylic acids is 2. The Bertz CT molecular complexity index is 1340. The van der Waals surface area contributed by atoms with E-state index in [-0.39, 0.29) is 30.0 Å². The molecule has 0 spiro atoms. The molecular weight excluding hydrogens is 494 g/mol. The van der Waals surface area contributed by atoms with Crippen molar-refractivity contribution in [2.75, 3.05) is 52.9 Å². The fourth-order valence-corrected chi connectivity index (χ4v) is 5.84. The highest BCUT2D eigenvalue weighted by Crippen LogP contribution is 2.31. The van der Waals surface area contributed by atoms with Crippen LogP contribution < -0.4 is 20.7 Å². The van der Waals surface area contributed by atoms with E-state index in [1.54, 1.807) is 0 Å². The molecule has 2 aromatic carbocycles. The number of piperazine rings is 1. The van der Waals surface area contributed by atoms with E-state index in [0.29, 0.717) is 45.6 Å². The summed E-state index contributed by atoms with van der Waals surface area (Å²) in [7, 11) is 2.06. The summed E-state index contributed by atoms with van der Waals surface area (Å²) in [5, 5.41) is 15.3. The van der Waals surface area contributed by atoms with Gasteiger partial charge < -0.3 is 25.6 Å². The lowest BCUT2D eigenvalue weighted by Gasteiger charge is -2.39. The quantitative estimate of drug-likeness (QED) is 0.399. The van der Waals surface area contributed by atoms with Crippen LogP contribution in [-0.2, 0) is 16.1 Å². The maximum Gasteiger partial charge on any atom is 0.238 e. The predicted molar refractivity (Wildman–Crippen MR) is 149 cm³/mol. The molecule has 39 heavy (non-hydrogen) atoms. The Morgan fingerprint density at radius 1 is 0.974 bits per heavy atom. The lowest BCUT2D eigenvalue weighted by Crippen LogP contribution is -2.58. The number of rotatable bonds is 0. The van der Waals surface area contributed by atoms with Crippen LogP contribution in [0.5, 0.6) is 5.75 Å². The number of hydrogen-bond donors (Lipinski definition) is 3. The second-order valence-electron chi connectivity index (χ2n) is 10.8. The van der Waals surface area contributed by atoms with Gasteiger partial charge >= 0.3 is 0 Å². The number of hydrogen-bond acceptors (Lipinski definition) is 7. The fraction of sp³-hybridized carbons (Fsp3) is 0.483. The van der Waals surface area contributed by atoms with Crippen molar-refractivity contribution in [1.82, 2.24) is 35.5 Å². The van der Waals surface area contributed by atoms with Gasteiger partial charge in [-0.1, -0.05) is 24.3 Å². The van der Waals surface area contributed by atoms with E-state index in [1.807, 2.05) is 28.9 Å². The number of fused-ring (bicyclic) bond motifs is 7. The van der Waals surface area contributed by atoms with E-state index in [0.717, 1.165) is 47.4 Å². The highest BCUT2D eigenvalue weighted by Gasteiger charge is 2.32. The Morgan fingerprint density at radius 2 is 1.79 bits per heavy atom. The molecule has 3 aliphatic heterocycles. The summed E-state index contributed by atoms with van der Waals surface area (Å²) in [5.74, 6) is 0.816. The maximum absolute atomic E-state index is 13.1. The zero-order valence-electron chi connectivity index (χ0n) is 22.4. The lowest BCUT2D eigenvalue weighted by molar-refractivity contribution is -0.128. The molecule has 0 radical (unpaired) electrons. The van der Waals surface area contributed by atoms with Crippen molar-refractivity contribution in [2.24, 2.45) is 0 Å². The zero-order chi connectivity index (χ0) is 26.8. The molecule has 2 amide bonds. The monoisotopic (exact) mass is 531 g/mol. The van der Waals surface area contributed by atoms with Gasteiger partial charge in [-0.05, 0) is 42.8 Å². The standard InChI is InChI=1S/C29H37N7O3/c1-34-11-12-35-13-14-36-18-24-23(7-3-8-25(24)33-36)20-5-2-6-21(15-20)39-22-16-26(32-17-22)28(37)30-9-4-10-31-29(38)27(35)19-34/h2-3,5-8,15,18,22,26-27,32H,4,9-14,16-17,19H2,1H3,(H,30,37)(H,31,38)/t22-,26-,27?/m0/s1. The molecule has 206 valence electrons. The summed E-state index contributed by atoms with van der Waals surface area (Å²) < 4.78 is 8.29. The maximum atomic E-state index is 13.1. The van der Waals surface area contributed by atoms with Crippen molar-refractivity contribution in [3.05, 3.63) is 48.7 Å². The van der Waals surface area contributed by atoms with Gasteiger partial charge in [-0.15, -0.1) is 0 Å². The van der Waals surface area contributed by atoms with Crippen molar-refractivity contribution < 1.29 is 14.3 Å². The van der Waals surface area contributed by atoms with E-state index in [1.165, 1.54) is 0 Å². The Labute approximate surface area is 228 Å². The zero-order valence-corrected chi connectivity index (χ0v) is 22.4. The van der Waals surface area contributed by atoms with Crippen molar-refractivity contribution in [1.29, 1.82) is 0 Å². The smallest absolute Gasteiger partial charge is 0.238 e. The molecule has 2 saturated heterocycles. The van der Waals surface area contributed by atoms with Crippen molar-refractivity contribution in [3.8, 4) is 16.9 Å². The van der Waals surface area contributed by atoms with Crippen molar-refractivity contribution in [3.63, 3.8) is 0 Å². The number of benzene rings is 2. The topological polar surface area (TPSA) is 104 Å². The summed E-state index contributed by atoms with van der Waals surface area (Å²) in [4.78, 5) is 30.3. The molecule has 3 aromatic rings.